The van der Waals surface area contributed by atoms with Crippen LogP contribution in [0.15, 0.2) is 4.79 Å². The molecule has 0 unspecified atom stereocenters. The fourth-order valence-electron chi connectivity index (χ4n) is 1.68. The number of hydrogen-bond donors (Lipinski definition) is 3. The van der Waals surface area contributed by atoms with Crippen molar-refractivity contribution in [2.45, 2.75) is 25.7 Å². The average Bonchev–Trinajstić information content (AvgIpc) is 3.08. The van der Waals surface area contributed by atoms with E-state index in [2.05, 4.69) is 15.3 Å². The summed E-state index contributed by atoms with van der Waals surface area (Å²) in [5, 5.41) is 2.27. The third-order valence-electron chi connectivity index (χ3n) is 2.73. The molecule has 0 aliphatic heterocycles. The van der Waals surface area contributed by atoms with Gasteiger partial charge in [0.05, 0.1) is 12.2 Å². The van der Waals surface area contributed by atoms with E-state index in [4.69, 9.17) is 5.73 Å². The van der Waals surface area contributed by atoms with E-state index in [1.165, 1.54) is 0 Å². The van der Waals surface area contributed by atoms with Crippen molar-refractivity contribution >= 4 is 11.8 Å². The molecule has 0 radical (unpaired) electrons. The lowest BCUT2D eigenvalue weighted by Crippen LogP contribution is -2.37. The van der Waals surface area contributed by atoms with Crippen LogP contribution in [-0.4, -0.2) is 28.3 Å². The molecule has 96 valence electrons. The molecule has 4 N–H and O–H groups in total. The van der Waals surface area contributed by atoms with Gasteiger partial charge in [-0.1, -0.05) is 0 Å². The number of carbonyl (C=O) groups is 2. The van der Waals surface area contributed by atoms with E-state index < -0.39 is 17.4 Å². The molecule has 0 atom stereocenters. The summed E-state index contributed by atoms with van der Waals surface area (Å²) in [6.07, 6.45) is 2.02. The highest BCUT2D eigenvalue weighted by Gasteiger charge is 2.27. The van der Waals surface area contributed by atoms with Crippen molar-refractivity contribution in [3.63, 3.8) is 0 Å². The minimum atomic E-state index is -0.667. The first-order valence-electron chi connectivity index (χ1n) is 5.66. The van der Waals surface area contributed by atoms with Crippen molar-refractivity contribution in [2.75, 3.05) is 6.54 Å². The number of rotatable bonds is 4. The van der Waals surface area contributed by atoms with E-state index in [0.29, 0.717) is 17.4 Å². The molecule has 7 heteroatoms. The molecule has 7 nitrogen and oxygen atoms in total. The van der Waals surface area contributed by atoms with Crippen LogP contribution in [0.2, 0.25) is 0 Å². The predicted octanol–water partition coefficient (Wildman–Crippen LogP) is -0.829. The van der Waals surface area contributed by atoms with Crippen molar-refractivity contribution in [3.05, 3.63) is 27.4 Å². The smallest absolute Gasteiger partial charge is 0.264 e. The molecule has 2 amide bonds. The van der Waals surface area contributed by atoms with Gasteiger partial charge in [-0.3, -0.25) is 14.4 Å². The molecule has 1 saturated carbocycles. The fourth-order valence-corrected chi connectivity index (χ4v) is 1.68. The van der Waals surface area contributed by atoms with Gasteiger partial charge in [0.25, 0.3) is 11.5 Å². The van der Waals surface area contributed by atoms with Gasteiger partial charge in [0.15, 0.2) is 0 Å². The van der Waals surface area contributed by atoms with E-state index in [-0.39, 0.29) is 12.1 Å². The summed E-state index contributed by atoms with van der Waals surface area (Å²) in [6, 6.07) is 0. The third-order valence-corrected chi connectivity index (χ3v) is 2.73. The first kappa shape index (κ1) is 12.3. The van der Waals surface area contributed by atoms with Crippen molar-refractivity contribution in [1.29, 1.82) is 0 Å². The number of aryl methyl sites for hydroxylation is 1. The molecule has 1 aromatic rings. The molecule has 0 saturated heterocycles. The first-order chi connectivity index (χ1) is 8.49. The van der Waals surface area contributed by atoms with Crippen molar-refractivity contribution in [1.82, 2.24) is 15.3 Å². The number of aromatic nitrogens is 2. The average molecular weight is 250 g/mol. The van der Waals surface area contributed by atoms with Gasteiger partial charge in [-0.2, -0.15) is 0 Å². The summed E-state index contributed by atoms with van der Waals surface area (Å²) >= 11 is 0. The second kappa shape index (κ2) is 4.59. The fraction of sp³-hybridized carbons (Fsp3) is 0.455. The molecular formula is C11H14N4O3. The Morgan fingerprint density at radius 3 is 2.67 bits per heavy atom. The summed E-state index contributed by atoms with van der Waals surface area (Å²) in [5.74, 6) is -0.370. The molecule has 1 aliphatic rings. The van der Waals surface area contributed by atoms with Gasteiger partial charge in [-0.15, -0.1) is 0 Å². The van der Waals surface area contributed by atoms with Crippen LogP contribution in [0.5, 0.6) is 0 Å². The van der Waals surface area contributed by atoms with Crippen LogP contribution < -0.4 is 16.6 Å². The van der Waals surface area contributed by atoms with E-state index in [0.717, 1.165) is 12.8 Å². The lowest BCUT2D eigenvalue weighted by molar-refractivity contribution is -0.117. The Morgan fingerprint density at radius 2 is 2.17 bits per heavy atom. The first-order valence-corrected chi connectivity index (χ1v) is 5.66. The van der Waals surface area contributed by atoms with E-state index >= 15 is 0 Å². The Labute approximate surface area is 103 Å². The zero-order valence-corrected chi connectivity index (χ0v) is 9.95. The monoisotopic (exact) mass is 250 g/mol. The zero-order chi connectivity index (χ0) is 13.3. The minimum absolute atomic E-state index is 0.0688. The summed E-state index contributed by atoms with van der Waals surface area (Å²) in [5.41, 5.74) is 4.73. The maximum absolute atomic E-state index is 11.8. The summed E-state index contributed by atoms with van der Waals surface area (Å²) < 4.78 is 0. The van der Waals surface area contributed by atoms with Gasteiger partial charge in [0, 0.05) is 5.92 Å². The minimum Gasteiger partial charge on any atom is -0.368 e. The number of carbonyl (C=O) groups excluding carboxylic acids is 2. The van der Waals surface area contributed by atoms with Crippen molar-refractivity contribution in [3.8, 4) is 0 Å². The number of H-pyrrole nitrogens is 1. The quantitative estimate of drug-likeness (QED) is 0.646. The normalized spacial score (nSPS) is 14.3. The molecule has 0 spiro atoms. The highest BCUT2D eigenvalue weighted by Crippen LogP contribution is 2.37. The van der Waals surface area contributed by atoms with Crippen LogP contribution in [0.4, 0.5) is 0 Å². The number of amides is 2. The van der Waals surface area contributed by atoms with E-state index in [9.17, 15) is 14.4 Å². The molecule has 1 aromatic heterocycles. The maximum Gasteiger partial charge on any atom is 0.264 e. The topological polar surface area (TPSA) is 118 Å². The summed E-state index contributed by atoms with van der Waals surface area (Å²) in [7, 11) is 0. The second-order valence-electron chi connectivity index (χ2n) is 4.33. The number of aromatic amines is 1. The Balaban J connectivity index is 2.24. The standard InChI is InChI=1S/C11H14N4O3/c1-5-8(10(17)13-4-7(12)16)11(18)15-9(14-5)6-2-3-6/h6H,2-4H2,1H3,(H2,12,16)(H,13,17)(H,14,15,18). The number of nitrogens with zero attached hydrogens (tertiary/aromatic N) is 1. The highest BCUT2D eigenvalue weighted by molar-refractivity contribution is 5.96. The number of nitrogens with two attached hydrogens (primary N) is 1. The molecule has 18 heavy (non-hydrogen) atoms. The number of nitrogens with one attached hydrogen (secondary N) is 2. The lowest BCUT2D eigenvalue weighted by Gasteiger charge is -2.06. The molecule has 2 rings (SSSR count). The SMILES string of the molecule is Cc1nc(C2CC2)[nH]c(=O)c1C(=O)NCC(N)=O. The molecule has 0 aromatic carbocycles. The van der Waals surface area contributed by atoms with Gasteiger partial charge in [-0.25, -0.2) is 4.98 Å². The van der Waals surface area contributed by atoms with Crippen molar-refractivity contribution in [2.24, 2.45) is 5.73 Å². The highest BCUT2D eigenvalue weighted by atomic mass is 16.2. The molecular weight excluding hydrogens is 236 g/mol. The second-order valence-corrected chi connectivity index (χ2v) is 4.33. The van der Waals surface area contributed by atoms with Gasteiger partial charge >= 0.3 is 0 Å². The Kier molecular flexibility index (Phi) is 3.14. The van der Waals surface area contributed by atoms with Crippen molar-refractivity contribution < 1.29 is 9.59 Å². The zero-order valence-electron chi connectivity index (χ0n) is 9.95. The van der Waals surface area contributed by atoms with Gasteiger partial charge < -0.3 is 16.0 Å². The van der Waals surface area contributed by atoms with Gasteiger partial charge in [-0.05, 0) is 19.8 Å². The Bertz CT molecular complexity index is 560. The lowest BCUT2D eigenvalue weighted by atomic mass is 10.2. The molecule has 1 aliphatic carbocycles. The van der Waals surface area contributed by atoms with Gasteiger partial charge in [0.1, 0.15) is 11.4 Å². The van der Waals surface area contributed by atoms with Crippen LogP contribution in [0.3, 0.4) is 0 Å². The van der Waals surface area contributed by atoms with E-state index in [1.807, 2.05) is 0 Å². The van der Waals surface area contributed by atoms with Crippen LogP contribution in [0.25, 0.3) is 0 Å². The largest absolute Gasteiger partial charge is 0.368 e. The van der Waals surface area contributed by atoms with Crippen LogP contribution in [-0.2, 0) is 4.79 Å². The molecule has 1 heterocycles. The Morgan fingerprint density at radius 1 is 1.50 bits per heavy atom. The molecule has 0 bridgehead atoms. The van der Waals surface area contributed by atoms with Gasteiger partial charge in [0.2, 0.25) is 5.91 Å². The maximum atomic E-state index is 11.8. The summed E-state index contributed by atoms with van der Waals surface area (Å²) in [6.45, 7) is 1.29. The number of primary amides is 1. The number of hydrogen-bond acceptors (Lipinski definition) is 4. The van der Waals surface area contributed by atoms with E-state index in [1.54, 1.807) is 6.92 Å². The van der Waals surface area contributed by atoms with Crippen LogP contribution in [0.1, 0.15) is 40.6 Å². The third kappa shape index (κ3) is 2.55. The Hall–Kier alpha value is -2.18. The van der Waals surface area contributed by atoms with Crippen LogP contribution >= 0.6 is 0 Å². The van der Waals surface area contributed by atoms with Crippen LogP contribution in [0, 0.1) is 6.92 Å². The summed E-state index contributed by atoms with van der Waals surface area (Å²) in [4.78, 5) is 40.9. The predicted molar refractivity (Wildman–Crippen MR) is 63.1 cm³/mol. The molecule has 1 fully saturated rings.